The van der Waals surface area contributed by atoms with Crippen molar-refractivity contribution in [3.63, 3.8) is 0 Å². The standard InChI is InChI=1S/C11H14N2O2/c12-5-6-13-11(14)10-7-8-3-1-2-4-9(8)15-10/h1-4,10H,5-7,12H2,(H,13,14). The molecule has 0 saturated heterocycles. The molecule has 0 bridgehead atoms. The van der Waals surface area contributed by atoms with Gasteiger partial charge in [0.05, 0.1) is 0 Å². The van der Waals surface area contributed by atoms with Crippen LogP contribution in [0.25, 0.3) is 0 Å². The number of hydrogen-bond donors (Lipinski definition) is 2. The molecule has 1 aromatic carbocycles. The number of hydrogen-bond acceptors (Lipinski definition) is 3. The van der Waals surface area contributed by atoms with E-state index < -0.39 is 6.10 Å². The van der Waals surface area contributed by atoms with E-state index in [2.05, 4.69) is 5.32 Å². The maximum absolute atomic E-state index is 11.6. The summed E-state index contributed by atoms with van der Waals surface area (Å²) >= 11 is 0. The molecule has 1 unspecified atom stereocenters. The molecule has 0 fully saturated rings. The van der Waals surface area contributed by atoms with E-state index in [0.29, 0.717) is 19.5 Å². The Kier molecular flexibility index (Phi) is 2.87. The van der Waals surface area contributed by atoms with Gasteiger partial charge in [-0.3, -0.25) is 4.79 Å². The smallest absolute Gasteiger partial charge is 0.261 e. The topological polar surface area (TPSA) is 64.3 Å². The molecule has 1 amide bonds. The number of amides is 1. The predicted octanol–water partition coefficient (Wildman–Crippen LogP) is 0.0650. The van der Waals surface area contributed by atoms with Crippen LogP contribution < -0.4 is 15.8 Å². The maximum Gasteiger partial charge on any atom is 0.261 e. The highest BCUT2D eigenvalue weighted by Crippen LogP contribution is 2.27. The van der Waals surface area contributed by atoms with E-state index in [-0.39, 0.29) is 5.91 Å². The van der Waals surface area contributed by atoms with Gasteiger partial charge in [0.1, 0.15) is 5.75 Å². The summed E-state index contributed by atoms with van der Waals surface area (Å²) in [6.45, 7) is 0.945. The summed E-state index contributed by atoms with van der Waals surface area (Å²) < 4.78 is 5.51. The first kappa shape index (κ1) is 9.98. The van der Waals surface area contributed by atoms with Gasteiger partial charge in [0.25, 0.3) is 5.91 Å². The molecule has 80 valence electrons. The quantitative estimate of drug-likeness (QED) is 0.735. The Morgan fingerprint density at radius 2 is 2.33 bits per heavy atom. The highest BCUT2D eigenvalue weighted by atomic mass is 16.5. The van der Waals surface area contributed by atoms with Crippen LogP contribution in [0, 0.1) is 0 Å². The van der Waals surface area contributed by atoms with Gasteiger partial charge in [-0.1, -0.05) is 18.2 Å². The SMILES string of the molecule is NCCNC(=O)C1Cc2ccccc2O1. The van der Waals surface area contributed by atoms with Crippen LogP contribution in [0.2, 0.25) is 0 Å². The summed E-state index contributed by atoms with van der Waals surface area (Å²) in [5.74, 6) is 0.724. The van der Waals surface area contributed by atoms with Crippen LogP contribution in [-0.2, 0) is 11.2 Å². The molecule has 0 saturated carbocycles. The average molecular weight is 206 g/mol. The number of nitrogens with one attached hydrogen (secondary N) is 1. The molecule has 0 spiro atoms. The molecule has 4 nitrogen and oxygen atoms in total. The van der Waals surface area contributed by atoms with Crippen molar-refractivity contribution in [1.29, 1.82) is 0 Å². The third kappa shape index (κ3) is 2.10. The van der Waals surface area contributed by atoms with Gasteiger partial charge in [0.2, 0.25) is 0 Å². The van der Waals surface area contributed by atoms with Gasteiger partial charge < -0.3 is 15.8 Å². The number of fused-ring (bicyclic) bond motifs is 1. The molecule has 0 radical (unpaired) electrons. The lowest BCUT2D eigenvalue weighted by atomic mass is 10.1. The molecule has 15 heavy (non-hydrogen) atoms. The Hall–Kier alpha value is -1.55. The van der Waals surface area contributed by atoms with E-state index in [9.17, 15) is 4.79 Å². The highest BCUT2D eigenvalue weighted by Gasteiger charge is 2.28. The first-order valence-corrected chi connectivity index (χ1v) is 5.03. The molecule has 3 N–H and O–H groups in total. The van der Waals surface area contributed by atoms with Gasteiger partial charge in [-0.2, -0.15) is 0 Å². The van der Waals surface area contributed by atoms with Gasteiger partial charge in [-0.15, -0.1) is 0 Å². The lowest BCUT2D eigenvalue weighted by Gasteiger charge is -2.10. The average Bonchev–Trinajstić information content (AvgIpc) is 2.69. The largest absolute Gasteiger partial charge is 0.480 e. The number of nitrogens with two attached hydrogens (primary N) is 1. The fourth-order valence-electron chi connectivity index (χ4n) is 1.64. The Labute approximate surface area is 88.4 Å². The van der Waals surface area contributed by atoms with Crippen molar-refractivity contribution in [2.45, 2.75) is 12.5 Å². The maximum atomic E-state index is 11.6. The highest BCUT2D eigenvalue weighted by molar-refractivity contribution is 5.82. The van der Waals surface area contributed by atoms with Crippen molar-refractivity contribution < 1.29 is 9.53 Å². The van der Waals surface area contributed by atoms with E-state index >= 15 is 0 Å². The summed E-state index contributed by atoms with van der Waals surface area (Å²) in [4.78, 5) is 11.6. The van der Waals surface area contributed by atoms with Crippen molar-refractivity contribution in [3.8, 4) is 5.75 Å². The minimum absolute atomic E-state index is 0.0864. The minimum atomic E-state index is -0.394. The predicted molar refractivity (Wildman–Crippen MR) is 56.6 cm³/mol. The Balaban J connectivity index is 1.98. The van der Waals surface area contributed by atoms with Gasteiger partial charge in [0.15, 0.2) is 6.10 Å². The third-order valence-corrected chi connectivity index (χ3v) is 2.38. The summed E-state index contributed by atoms with van der Waals surface area (Å²) in [7, 11) is 0. The van der Waals surface area contributed by atoms with Crippen LogP contribution >= 0.6 is 0 Å². The van der Waals surface area contributed by atoms with Crippen molar-refractivity contribution in [2.75, 3.05) is 13.1 Å². The number of ether oxygens (including phenoxy) is 1. The van der Waals surface area contributed by atoms with Crippen LogP contribution in [0.4, 0.5) is 0 Å². The van der Waals surface area contributed by atoms with Crippen LogP contribution in [0.5, 0.6) is 5.75 Å². The molecule has 0 aliphatic carbocycles. The summed E-state index contributed by atoms with van der Waals surface area (Å²) in [5.41, 5.74) is 6.39. The van der Waals surface area contributed by atoms with Crippen molar-refractivity contribution in [3.05, 3.63) is 29.8 Å². The molecule has 1 atom stereocenters. The molecular formula is C11H14N2O2. The number of para-hydroxylation sites is 1. The number of carbonyl (C=O) groups excluding carboxylic acids is 1. The Bertz CT molecular complexity index is 340. The van der Waals surface area contributed by atoms with Crippen molar-refractivity contribution >= 4 is 5.91 Å². The lowest BCUT2D eigenvalue weighted by Crippen LogP contribution is -2.39. The minimum Gasteiger partial charge on any atom is -0.480 e. The number of carbonyl (C=O) groups is 1. The van der Waals surface area contributed by atoms with E-state index in [1.54, 1.807) is 0 Å². The van der Waals surface area contributed by atoms with E-state index in [0.717, 1.165) is 11.3 Å². The molecule has 0 aromatic heterocycles. The van der Waals surface area contributed by atoms with E-state index in [1.807, 2.05) is 24.3 Å². The molecule has 1 aromatic rings. The van der Waals surface area contributed by atoms with Crippen LogP contribution in [0.1, 0.15) is 5.56 Å². The van der Waals surface area contributed by atoms with Gasteiger partial charge >= 0.3 is 0 Å². The Morgan fingerprint density at radius 3 is 3.07 bits per heavy atom. The van der Waals surface area contributed by atoms with Crippen LogP contribution in [-0.4, -0.2) is 25.1 Å². The fourth-order valence-corrected chi connectivity index (χ4v) is 1.64. The van der Waals surface area contributed by atoms with Crippen LogP contribution in [0.15, 0.2) is 24.3 Å². The zero-order chi connectivity index (χ0) is 10.7. The second-order valence-corrected chi connectivity index (χ2v) is 3.50. The molecule has 1 aliphatic rings. The zero-order valence-electron chi connectivity index (χ0n) is 8.40. The molecule has 1 aliphatic heterocycles. The number of benzene rings is 1. The summed E-state index contributed by atoms with van der Waals surface area (Å²) in [5, 5.41) is 2.72. The first-order chi connectivity index (χ1) is 7.31. The molecule has 2 rings (SSSR count). The van der Waals surface area contributed by atoms with Gasteiger partial charge in [-0.25, -0.2) is 0 Å². The lowest BCUT2D eigenvalue weighted by molar-refractivity contribution is -0.127. The monoisotopic (exact) mass is 206 g/mol. The first-order valence-electron chi connectivity index (χ1n) is 5.03. The summed E-state index contributed by atoms with van der Waals surface area (Å²) in [6.07, 6.45) is 0.251. The fraction of sp³-hybridized carbons (Fsp3) is 0.364. The zero-order valence-corrected chi connectivity index (χ0v) is 8.40. The van der Waals surface area contributed by atoms with E-state index in [1.165, 1.54) is 0 Å². The second kappa shape index (κ2) is 4.31. The molecule has 4 heteroatoms. The normalized spacial score (nSPS) is 18.1. The van der Waals surface area contributed by atoms with Crippen LogP contribution in [0.3, 0.4) is 0 Å². The molecular weight excluding hydrogens is 192 g/mol. The van der Waals surface area contributed by atoms with Gasteiger partial charge in [0, 0.05) is 19.5 Å². The number of rotatable bonds is 3. The second-order valence-electron chi connectivity index (χ2n) is 3.50. The van der Waals surface area contributed by atoms with Gasteiger partial charge in [-0.05, 0) is 11.6 Å². The summed E-state index contributed by atoms with van der Waals surface area (Å²) in [6, 6.07) is 7.71. The van der Waals surface area contributed by atoms with Crippen molar-refractivity contribution in [2.24, 2.45) is 5.73 Å². The third-order valence-electron chi connectivity index (χ3n) is 2.38. The van der Waals surface area contributed by atoms with Crippen molar-refractivity contribution in [1.82, 2.24) is 5.32 Å². The Morgan fingerprint density at radius 1 is 1.53 bits per heavy atom. The van der Waals surface area contributed by atoms with E-state index in [4.69, 9.17) is 10.5 Å². The molecule has 1 heterocycles.